The van der Waals surface area contributed by atoms with Crippen molar-refractivity contribution < 1.29 is 9.59 Å². The van der Waals surface area contributed by atoms with E-state index in [1.54, 1.807) is 0 Å². The van der Waals surface area contributed by atoms with E-state index >= 15 is 0 Å². The molecule has 3 fully saturated rings. The number of piperidine rings is 1. The van der Waals surface area contributed by atoms with Crippen LogP contribution in [0.15, 0.2) is 0 Å². The van der Waals surface area contributed by atoms with Gasteiger partial charge in [-0.1, -0.05) is 32.6 Å². The third-order valence-electron chi connectivity index (χ3n) is 6.17. The molecule has 0 bridgehead atoms. The number of likely N-dealkylation sites (tertiary alicyclic amines) is 1. The highest BCUT2D eigenvalue weighted by Gasteiger charge is 2.45. The van der Waals surface area contributed by atoms with E-state index in [-0.39, 0.29) is 17.5 Å². The third kappa shape index (κ3) is 2.82. The number of carbonyl (C=O) groups is 2. The van der Waals surface area contributed by atoms with Crippen molar-refractivity contribution in [2.24, 2.45) is 11.8 Å². The number of urea groups is 1. The summed E-state index contributed by atoms with van der Waals surface area (Å²) in [5.41, 5.74) is -0.0669. The quantitative estimate of drug-likeness (QED) is 0.869. The summed E-state index contributed by atoms with van der Waals surface area (Å²) >= 11 is 0. The van der Waals surface area contributed by atoms with E-state index in [1.165, 1.54) is 25.7 Å². The summed E-state index contributed by atoms with van der Waals surface area (Å²) < 4.78 is 0. The van der Waals surface area contributed by atoms with Crippen molar-refractivity contribution in [2.45, 2.75) is 57.4 Å². The van der Waals surface area contributed by atoms with E-state index in [0.29, 0.717) is 5.91 Å². The molecule has 2 saturated heterocycles. The lowest BCUT2D eigenvalue weighted by atomic mass is 9.86. The van der Waals surface area contributed by atoms with Gasteiger partial charge in [0, 0.05) is 32.6 Å². The van der Waals surface area contributed by atoms with E-state index in [2.05, 4.69) is 12.2 Å². The maximum Gasteiger partial charge on any atom is 0.317 e. The first-order valence-electron chi connectivity index (χ1n) is 8.82. The minimum absolute atomic E-state index is 0.0226. The second-order valence-corrected chi connectivity index (χ2v) is 7.55. The third-order valence-corrected chi connectivity index (χ3v) is 6.17. The van der Waals surface area contributed by atoms with Gasteiger partial charge in [-0.05, 0) is 25.2 Å². The lowest BCUT2D eigenvalue weighted by Gasteiger charge is -2.43. The second kappa shape index (κ2) is 6.09. The zero-order valence-corrected chi connectivity index (χ0v) is 13.9. The zero-order valence-electron chi connectivity index (χ0n) is 13.9. The summed E-state index contributed by atoms with van der Waals surface area (Å²) in [6.45, 7) is 4.39. The van der Waals surface area contributed by atoms with Crippen LogP contribution in [0, 0.1) is 11.8 Å². The Morgan fingerprint density at radius 2 is 1.95 bits per heavy atom. The molecule has 124 valence electrons. The molecule has 5 heteroatoms. The summed E-state index contributed by atoms with van der Waals surface area (Å²) in [5.74, 6) is 1.23. The van der Waals surface area contributed by atoms with Crippen molar-refractivity contribution in [3.8, 4) is 0 Å². The van der Waals surface area contributed by atoms with Crippen LogP contribution >= 0.6 is 0 Å². The number of likely N-dealkylation sites (N-methyl/N-ethyl adjacent to an activating group) is 1. The van der Waals surface area contributed by atoms with Gasteiger partial charge in [0.25, 0.3) is 0 Å². The van der Waals surface area contributed by atoms with Crippen LogP contribution in [0.2, 0.25) is 0 Å². The summed E-state index contributed by atoms with van der Waals surface area (Å²) in [5, 5.41) is 2.93. The predicted octanol–water partition coefficient (Wildman–Crippen LogP) is 2.22. The zero-order chi connectivity index (χ0) is 15.7. The van der Waals surface area contributed by atoms with Crippen LogP contribution in [0.3, 0.4) is 0 Å². The Hall–Kier alpha value is -1.26. The molecular formula is C17H29N3O2. The van der Waals surface area contributed by atoms with Crippen LogP contribution in [0.4, 0.5) is 4.79 Å². The smallest absolute Gasteiger partial charge is 0.317 e. The van der Waals surface area contributed by atoms with Crippen molar-refractivity contribution in [2.75, 3.05) is 26.7 Å². The fourth-order valence-electron chi connectivity index (χ4n) is 4.51. The van der Waals surface area contributed by atoms with Crippen molar-refractivity contribution in [1.82, 2.24) is 15.1 Å². The molecule has 1 saturated carbocycles. The minimum atomic E-state index is -0.0669. The highest BCUT2D eigenvalue weighted by molar-refractivity contribution is 5.79. The Morgan fingerprint density at radius 3 is 2.50 bits per heavy atom. The van der Waals surface area contributed by atoms with E-state index in [4.69, 9.17) is 0 Å². The first-order valence-corrected chi connectivity index (χ1v) is 8.82. The molecule has 0 radical (unpaired) electrons. The average molecular weight is 307 g/mol. The topological polar surface area (TPSA) is 52.7 Å². The van der Waals surface area contributed by atoms with Crippen LogP contribution in [0.1, 0.15) is 51.9 Å². The fourth-order valence-corrected chi connectivity index (χ4v) is 4.51. The molecular weight excluding hydrogens is 278 g/mol. The molecule has 0 aromatic carbocycles. The second-order valence-electron chi connectivity index (χ2n) is 7.55. The summed E-state index contributed by atoms with van der Waals surface area (Å²) in [7, 11) is 1.88. The average Bonchev–Trinajstić information content (AvgIpc) is 3.12. The van der Waals surface area contributed by atoms with Gasteiger partial charge in [-0.3, -0.25) is 4.79 Å². The van der Waals surface area contributed by atoms with Gasteiger partial charge in [-0.15, -0.1) is 0 Å². The largest absolute Gasteiger partial charge is 0.342 e. The molecule has 3 aliphatic rings. The van der Waals surface area contributed by atoms with E-state index in [1.807, 2.05) is 16.8 Å². The first-order chi connectivity index (χ1) is 10.5. The molecule has 0 aromatic heterocycles. The fraction of sp³-hybridized carbons (Fsp3) is 0.882. The van der Waals surface area contributed by atoms with Crippen molar-refractivity contribution in [3.05, 3.63) is 0 Å². The van der Waals surface area contributed by atoms with Crippen LogP contribution in [-0.2, 0) is 4.79 Å². The van der Waals surface area contributed by atoms with Gasteiger partial charge in [0.1, 0.15) is 0 Å². The Labute approximate surface area is 133 Å². The molecule has 3 amide bonds. The van der Waals surface area contributed by atoms with Gasteiger partial charge in [0.05, 0.1) is 5.54 Å². The highest BCUT2D eigenvalue weighted by atomic mass is 16.2. The van der Waals surface area contributed by atoms with E-state index in [9.17, 15) is 9.59 Å². The predicted molar refractivity (Wildman–Crippen MR) is 85.4 cm³/mol. The molecule has 5 nitrogen and oxygen atoms in total. The molecule has 1 aliphatic carbocycles. The van der Waals surface area contributed by atoms with Gasteiger partial charge in [0.2, 0.25) is 5.91 Å². The normalized spacial score (nSPS) is 26.5. The number of nitrogens with one attached hydrogen (secondary N) is 1. The van der Waals surface area contributed by atoms with Crippen molar-refractivity contribution >= 4 is 11.9 Å². The van der Waals surface area contributed by atoms with Crippen LogP contribution in [0.25, 0.3) is 0 Å². The molecule has 0 aromatic rings. The van der Waals surface area contributed by atoms with E-state index in [0.717, 1.165) is 44.8 Å². The molecule has 1 unspecified atom stereocenters. The first kappa shape index (κ1) is 15.6. The molecule has 3 rings (SSSR count). The summed E-state index contributed by atoms with van der Waals surface area (Å²) in [6.07, 6.45) is 8.13. The number of amides is 3. The van der Waals surface area contributed by atoms with Crippen molar-refractivity contribution in [3.63, 3.8) is 0 Å². The Morgan fingerprint density at radius 1 is 1.32 bits per heavy atom. The Balaban J connectivity index is 1.52. The molecule has 2 aliphatic heterocycles. The number of carbonyl (C=O) groups excluding carboxylic acids is 2. The van der Waals surface area contributed by atoms with Gasteiger partial charge in [-0.2, -0.15) is 0 Å². The lowest BCUT2D eigenvalue weighted by Crippen LogP contribution is -2.54. The monoisotopic (exact) mass is 307 g/mol. The van der Waals surface area contributed by atoms with Gasteiger partial charge in [0.15, 0.2) is 0 Å². The van der Waals surface area contributed by atoms with Gasteiger partial charge < -0.3 is 15.1 Å². The summed E-state index contributed by atoms with van der Waals surface area (Å²) in [6, 6.07) is 0.0226. The molecule has 2 heterocycles. The summed E-state index contributed by atoms with van der Waals surface area (Å²) in [4.78, 5) is 28.2. The maximum absolute atomic E-state index is 12.7. The number of nitrogens with zero attached hydrogens (tertiary/aromatic N) is 2. The van der Waals surface area contributed by atoms with Gasteiger partial charge in [-0.25, -0.2) is 4.79 Å². The Kier molecular flexibility index (Phi) is 4.33. The number of hydrogen-bond acceptors (Lipinski definition) is 2. The molecule has 1 spiro atoms. The van der Waals surface area contributed by atoms with E-state index < -0.39 is 0 Å². The number of hydrogen-bond donors (Lipinski definition) is 1. The molecule has 1 atom stereocenters. The minimum Gasteiger partial charge on any atom is -0.342 e. The molecule has 1 N–H and O–H groups in total. The SMILES string of the molecule is CC(CC1CCCC1)C(=O)N1CCC2(CC1)CNC(=O)N2C. The Bertz CT molecular complexity index is 437. The maximum atomic E-state index is 12.7. The molecule has 22 heavy (non-hydrogen) atoms. The number of rotatable bonds is 3. The van der Waals surface area contributed by atoms with Crippen LogP contribution < -0.4 is 5.32 Å². The van der Waals surface area contributed by atoms with Crippen molar-refractivity contribution in [1.29, 1.82) is 0 Å². The standard InChI is InChI=1S/C17H29N3O2/c1-13(11-14-5-3-4-6-14)15(21)20-9-7-17(8-10-20)12-18-16(22)19(17)2/h13-14H,3-12H2,1-2H3,(H,18,22). The van der Waals surface area contributed by atoms with Gasteiger partial charge >= 0.3 is 6.03 Å². The van der Waals surface area contributed by atoms with Crippen LogP contribution in [-0.4, -0.2) is 54.0 Å². The van der Waals surface area contributed by atoms with Crippen LogP contribution in [0.5, 0.6) is 0 Å². The highest BCUT2D eigenvalue weighted by Crippen LogP contribution is 2.33. The lowest BCUT2D eigenvalue weighted by molar-refractivity contribution is -0.137.